The van der Waals surface area contributed by atoms with Crippen LogP contribution in [0.2, 0.25) is 0 Å². The summed E-state index contributed by atoms with van der Waals surface area (Å²) in [6, 6.07) is 8.21. The number of aliphatic carboxylic acids is 1. The van der Waals surface area contributed by atoms with Gasteiger partial charge in [0.25, 0.3) is 5.91 Å². The molecule has 134 valence electrons. The lowest BCUT2D eigenvalue weighted by Crippen LogP contribution is -2.29. The molecule has 25 heavy (non-hydrogen) atoms. The maximum atomic E-state index is 12.5. The fraction of sp³-hybridized carbons (Fsp3) is 0.421. The normalized spacial score (nSPS) is 16.3. The maximum Gasteiger partial charge on any atom is 0.303 e. The molecule has 1 aromatic carbocycles. The van der Waals surface area contributed by atoms with Gasteiger partial charge in [-0.3, -0.25) is 14.5 Å². The minimum atomic E-state index is -0.781. The van der Waals surface area contributed by atoms with E-state index in [4.69, 9.17) is 17.3 Å². The van der Waals surface area contributed by atoms with Gasteiger partial charge in [-0.05, 0) is 36.0 Å². The van der Waals surface area contributed by atoms with Gasteiger partial charge in [-0.15, -0.1) is 0 Å². The summed E-state index contributed by atoms with van der Waals surface area (Å²) in [4.78, 5) is 25.3. The molecule has 1 aromatic rings. The zero-order valence-electron chi connectivity index (χ0n) is 14.5. The van der Waals surface area contributed by atoms with Crippen LogP contribution in [0.1, 0.15) is 56.6 Å². The second kappa shape index (κ2) is 9.15. The first kappa shape index (κ1) is 19.7. The van der Waals surface area contributed by atoms with Crippen LogP contribution >= 0.6 is 24.0 Å². The summed E-state index contributed by atoms with van der Waals surface area (Å²) < 4.78 is 0.577. The summed E-state index contributed by atoms with van der Waals surface area (Å²) in [6.07, 6.45) is 4.22. The number of amides is 1. The van der Waals surface area contributed by atoms with Crippen LogP contribution in [0.3, 0.4) is 0 Å². The van der Waals surface area contributed by atoms with Crippen LogP contribution in [0.25, 0.3) is 6.08 Å². The van der Waals surface area contributed by atoms with Gasteiger partial charge in [0.15, 0.2) is 0 Å². The lowest BCUT2D eigenvalue weighted by Gasteiger charge is -2.13. The Bertz CT molecular complexity index is 680. The molecule has 1 amide bonds. The average molecular weight is 378 g/mol. The van der Waals surface area contributed by atoms with Crippen LogP contribution < -0.4 is 0 Å². The van der Waals surface area contributed by atoms with Crippen molar-refractivity contribution in [1.29, 1.82) is 0 Å². The highest BCUT2D eigenvalue weighted by Crippen LogP contribution is 2.33. The fourth-order valence-electron chi connectivity index (χ4n) is 2.54. The number of carbonyl (C=O) groups is 2. The van der Waals surface area contributed by atoms with Crippen molar-refractivity contribution < 1.29 is 14.7 Å². The molecule has 0 saturated carbocycles. The third kappa shape index (κ3) is 5.68. The van der Waals surface area contributed by atoms with Crippen molar-refractivity contribution in [1.82, 2.24) is 4.90 Å². The minimum absolute atomic E-state index is 0.0545. The molecule has 0 unspecified atom stereocenters. The predicted octanol–water partition coefficient (Wildman–Crippen LogP) is 4.66. The third-order valence-corrected chi connectivity index (χ3v) is 5.42. The molecule has 4 nitrogen and oxygen atoms in total. The lowest BCUT2D eigenvalue weighted by atomic mass is 10.0. The number of thioether (sulfide) groups is 1. The molecule has 0 radical (unpaired) electrons. The van der Waals surface area contributed by atoms with Gasteiger partial charge in [-0.1, -0.05) is 68.5 Å². The smallest absolute Gasteiger partial charge is 0.303 e. The number of rotatable bonds is 8. The minimum Gasteiger partial charge on any atom is -0.481 e. The van der Waals surface area contributed by atoms with Crippen LogP contribution in [0.4, 0.5) is 0 Å². The quantitative estimate of drug-likeness (QED) is 0.406. The summed E-state index contributed by atoms with van der Waals surface area (Å²) >= 11 is 6.65. The molecule has 1 N–H and O–H groups in total. The second-order valence-electron chi connectivity index (χ2n) is 6.36. The molecule has 1 aliphatic heterocycles. The fourth-order valence-corrected chi connectivity index (χ4v) is 3.85. The molecule has 1 aliphatic rings. The molecule has 0 atom stereocenters. The Hall–Kier alpha value is -1.66. The zero-order valence-corrected chi connectivity index (χ0v) is 16.2. The van der Waals surface area contributed by atoms with Crippen molar-refractivity contribution >= 4 is 46.3 Å². The largest absolute Gasteiger partial charge is 0.481 e. The Morgan fingerprint density at radius 2 is 1.92 bits per heavy atom. The van der Waals surface area contributed by atoms with E-state index in [0.717, 1.165) is 18.4 Å². The van der Waals surface area contributed by atoms with E-state index in [9.17, 15) is 9.59 Å². The molecule has 1 heterocycles. The van der Waals surface area contributed by atoms with E-state index in [2.05, 4.69) is 26.0 Å². The summed E-state index contributed by atoms with van der Waals surface area (Å²) in [6.45, 7) is 4.85. The summed E-state index contributed by atoms with van der Waals surface area (Å²) in [7, 11) is 0. The van der Waals surface area contributed by atoms with Crippen molar-refractivity contribution in [3.8, 4) is 0 Å². The maximum absolute atomic E-state index is 12.5. The number of carbonyl (C=O) groups excluding carboxylic acids is 1. The molecule has 0 aliphatic carbocycles. The number of nitrogens with zero attached hydrogens (tertiary/aromatic N) is 1. The van der Waals surface area contributed by atoms with Gasteiger partial charge in [0.2, 0.25) is 0 Å². The van der Waals surface area contributed by atoms with E-state index in [1.54, 1.807) is 4.90 Å². The number of carboxylic acids is 1. The number of carboxylic acid groups (broad SMARTS) is 1. The second-order valence-corrected chi connectivity index (χ2v) is 8.03. The van der Waals surface area contributed by atoms with Crippen molar-refractivity contribution in [2.24, 2.45) is 0 Å². The summed E-state index contributed by atoms with van der Waals surface area (Å²) in [5, 5.41) is 8.63. The van der Waals surface area contributed by atoms with Crippen LogP contribution in [0, 0.1) is 0 Å². The molecule has 0 aromatic heterocycles. The Morgan fingerprint density at radius 1 is 1.24 bits per heavy atom. The summed E-state index contributed by atoms with van der Waals surface area (Å²) in [5.41, 5.74) is 2.26. The predicted molar refractivity (Wildman–Crippen MR) is 107 cm³/mol. The number of hydrogen-bond acceptors (Lipinski definition) is 4. The van der Waals surface area contributed by atoms with E-state index < -0.39 is 5.97 Å². The van der Waals surface area contributed by atoms with E-state index >= 15 is 0 Å². The van der Waals surface area contributed by atoms with E-state index in [-0.39, 0.29) is 12.3 Å². The lowest BCUT2D eigenvalue weighted by molar-refractivity contribution is -0.137. The highest BCUT2D eigenvalue weighted by atomic mass is 32.2. The van der Waals surface area contributed by atoms with Gasteiger partial charge < -0.3 is 5.11 Å². The molecule has 0 spiro atoms. The van der Waals surface area contributed by atoms with Crippen molar-refractivity contribution in [2.75, 3.05) is 6.54 Å². The molecular formula is C19H23NO3S2. The Labute approximate surface area is 158 Å². The first-order valence-corrected chi connectivity index (χ1v) is 9.68. The van der Waals surface area contributed by atoms with Crippen molar-refractivity contribution in [2.45, 2.75) is 45.4 Å². The first-order valence-electron chi connectivity index (χ1n) is 8.45. The number of thiocarbonyl (C=S) groups is 1. The van der Waals surface area contributed by atoms with Gasteiger partial charge in [0.1, 0.15) is 4.32 Å². The van der Waals surface area contributed by atoms with Gasteiger partial charge in [-0.25, -0.2) is 0 Å². The van der Waals surface area contributed by atoms with Gasteiger partial charge >= 0.3 is 5.97 Å². The molecule has 0 bridgehead atoms. The van der Waals surface area contributed by atoms with Crippen LogP contribution in [0.15, 0.2) is 29.2 Å². The molecule has 1 fully saturated rings. The number of benzene rings is 1. The highest BCUT2D eigenvalue weighted by Gasteiger charge is 2.31. The molecular weight excluding hydrogens is 354 g/mol. The van der Waals surface area contributed by atoms with E-state index in [1.165, 1.54) is 17.3 Å². The van der Waals surface area contributed by atoms with Gasteiger partial charge in [0, 0.05) is 13.0 Å². The van der Waals surface area contributed by atoms with Gasteiger partial charge in [-0.2, -0.15) is 0 Å². The van der Waals surface area contributed by atoms with Crippen LogP contribution in [-0.4, -0.2) is 32.7 Å². The number of unbranched alkanes of at least 4 members (excludes halogenated alkanes) is 2. The van der Waals surface area contributed by atoms with Gasteiger partial charge in [0.05, 0.1) is 4.91 Å². The van der Waals surface area contributed by atoms with E-state index in [0.29, 0.717) is 28.1 Å². The van der Waals surface area contributed by atoms with Crippen LogP contribution in [0.5, 0.6) is 0 Å². The van der Waals surface area contributed by atoms with Crippen molar-refractivity contribution in [3.05, 3.63) is 40.3 Å². The zero-order chi connectivity index (χ0) is 18.4. The Balaban J connectivity index is 1.94. The summed E-state index contributed by atoms with van der Waals surface area (Å²) in [5.74, 6) is -0.355. The third-order valence-electron chi connectivity index (χ3n) is 4.05. The monoisotopic (exact) mass is 377 g/mol. The first-order chi connectivity index (χ1) is 11.9. The van der Waals surface area contributed by atoms with E-state index in [1.807, 2.05) is 18.2 Å². The van der Waals surface area contributed by atoms with Crippen molar-refractivity contribution in [3.63, 3.8) is 0 Å². The topological polar surface area (TPSA) is 57.6 Å². The SMILES string of the molecule is CC(C)c1ccc(/C=C2\SC(=S)N(CCCCCC(=O)O)C2=O)cc1. The molecule has 6 heteroatoms. The Kier molecular flexibility index (Phi) is 7.20. The molecule has 2 rings (SSSR count). The number of hydrogen-bond donors (Lipinski definition) is 1. The average Bonchev–Trinajstić information content (AvgIpc) is 2.82. The van der Waals surface area contributed by atoms with Crippen LogP contribution in [-0.2, 0) is 9.59 Å². The standard InChI is InChI=1S/C19H23NO3S2/c1-13(2)15-9-7-14(8-10-15)12-16-18(23)20(19(24)25-16)11-5-3-4-6-17(21)22/h7-10,12-13H,3-6,11H2,1-2H3,(H,21,22)/b16-12-. The highest BCUT2D eigenvalue weighted by molar-refractivity contribution is 8.26. The Morgan fingerprint density at radius 3 is 2.52 bits per heavy atom. The molecule has 1 saturated heterocycles.